The lowest BCUT2D eigenvalue weighted by molar-refractivity contribution is -0.118. The number of rotatable bonds is 5. The Bertz CT molecular complexity index is 282. The molecule has 0 fully saturated rings. The fourth-order valence-corrected chi connectivity index (χ4v) is 2.29. The minimum absolute atomic E-state index is 0.348. The zero-order valence-electron chi connectivity index (χ0n) is 8.69. The van der Waals surface area contributed by atoms with Crippen LogP contribution >= 0.6 is 11.8 Å². The molecule has 14 heavy (non-hydrogen) atoms. The average molecular weight is 208 g/mol. The summed E-state index contributed by atoms with van der Waals surface area (Å²) in [7, 11) is 0. The van der Waals surface area contributed by atoms with Crippen molar-refractivity contribution in [3.8, 4) is 0 Å². The van der Waals surface area contributed by atoms with Crippen molar-refractivity contribution in [2.45, 2.75) is 36.8 Å². The highest BCUT2D eigenvalue weighted by Gasteiger charge is 2.08. The number of carbonyl (C=O) groups excluding carboxylic acids is 1. The average Bonchev–Trinajstić information content (AvgIpc) is 2.19. The monoisotopic (exact) mass is 208 g/mol. The van der Waals surface area contributed by atoms with Crippen LogP contribution in [0.4, 0.5) is 0 Å². The predicted molar refractivity (Wildman–Crippen MR) is 61.7 cm³/mol. The summed E-state index contributed by atoms with van der Waals surface area (Å²) >= 11 is 1.77. The van der Waals surface area contributed by atoms with Crippen molar-refractivity contribution in [2.75, 3.05) is 0 Å². The van der Waals surface area contributed by atoms with Crippen molar-refractivity contribution < 1.29 is 4.79 Å². The third-order valence-corrected chi connectivity index (χ3v) is 3.10. The van der Waals surface area contributed by atoms with E-state index >= 15 is 0 Å². The van der Waals surface area contributed by atoms with Gasteiger partial charge >= 0.3 is 0 Å². The van der Waals surface area contributed by atoms with Gasteiger partial charge in [-0.05, 0) is 12.1 Å². The Morgan fingerprint density at radius 2 is 2.00 bits per heavy atom. The van der Waals surface area contributed by atoms with Gasteiger partial charge in [-0.1, -0.05) is 32.0 Å². The quantitative estimate of drug-likeness (QED) is 0.688. The third-order valence-electron chi connectivity index (χ3n) is 1.99. The number of benzene rings is 1. The van der Waals surface area contributed by atoms with Crippen LogP contribution in [0.5, 0.6) is 0 Å². The second-order valence-corrected chi connectivity index (χ2v) is 4.85. The van der Waals surface area contributed by atoms with Crippen LogP contribution in [-0.4, -0.2) is 11.0 Å². The molecule has 1 nitrogen and oxygen atoms in total. The number of hydrogen-bond acceptors (Lipinski definition) is 2. The first-order valence-corrected chi connectivity index (χ1v) is 5.83. The van der Waals surface area contributed by atoms with Gasteiger partial charge in [0.2, 0.25) is 0 Å². The molecule has 0 aliphatic heterocycles. The van der Waals surface area contributed by atoms with Crippen molar-refractivity contribution >= 4 is 17.5 Å². The lowest BCUT2D eigenvalue weighted by Gasteiger charge is -2.09. The lowest BCUT2D eigenvalue weighted by Crippen LogP contribution is -2.05. The summed E-state index contributed by atoms with van der Waals surface area (Å²) in [5.41, 5.74) is 0. The molecule has 0 amide bonds. The van der Waals surface area contributed by atoms with E-state index < -0.39 is 0 Å². The van der Waals surface area contributed by atoms with Gasteiger partial charge in [-0.25, -0.2) is 0 Å². The van der Waals surface area contributed by atoms with E-state index in [1.54, 1.807) is 11.8 Å². The Hall–Kier alpha value is -0.760. The fourth-order valence-electron chi connectivity index (χ4n) is 1.24. The minimum Gasteiger partial charge on any atom is -0.300 e. The Morgan fingerprint density at radius 3 is 2.57 bits per heavy atom. The first-order valence-electron chi connectivity index (χ1n) is 4.95. The Kier molecular flexibility index (Phi) is 4.74. The van der Waals surface area contributed by atoms with Gasteiger partial charge in [-0.3, -0.25) is 4.79 Å². The van der Waals surface area contributed by atoms with Gasteiger partial charge in [0.05, 0.1) is 0 Å². The highest BCUT2D eigenvalue weighted by molar-refractivity contribution is 8.00. The molecule has 0 saturated carbocycles. The maximum atomic E-state index is 11.2. The van der Waals surface area contributed by atoms with Gasteiger partial charge in [0, 0.05) is 23.0 Å². The summed E-state index contributed by atoms with van der Waals surface area (Å²) in [4.78, 5) is 12.4. The first-order chi connectivity index (χ1) is 6.72. The lowest BCUT2D eigenvalue weighted by atomic mass is 10.2. The van der Waals surface area contributed by atoms with E-state index in [1.165, 1.54) is 4.90 Å². The molecule has 2 heteroatoms. The van der Waals surface area contributed by atoms with Gasteiger partial charge in [0.15, 0.2) is 0 Å². The zero-order chi connectivity index (χ0) is 10.4. The molecular formula is C12H16OS. The predicted octanol–water partition coefficient (Wildman–Crippen LogP) is 3.54. The van der Waals surface area contributed by atoms with Crippen LogP contribution in [0.15, 0.2) is 35.2 Å². The molecule has 1 unspecified atom stereocenters. The minimum atomic E-state index is 0.348. The third kappa shape index (κ3) is 3.97. The maximum absolute atomic E-state index is 11.2. The molecule has 0 heterocycles. The van der Waals surface area contributed by atoms with Gasteiger partial charge in [0.25, 0.3) is 0 Å². The largest absolute Gasteiger partial charge is 0.300 e. The number of thioether (sulfide) groups is 1. The SMILES string of the molecule is CCC(=O)CC(C)Sc1ccccc1. The van der Waals surface area contributed by atoms with Crippen LogP contribution in [-0.2, 0) is 4.79 Å². The van der Waals surface area contributed by atoms with Crippen LogP contribution in [0.3, 0.4) is 0 Å². The summed E-state index contributed by atoms with van der Waals surface area (Å²) in [6.07, 6.45) is 1.33. The van der Waals surface area contributed by atoms with Gasteiger partial charge in [-0.15, -0.1) is 11.8 Å². The summed E-state index contributed by atoms with van der Waals surface area (Å²) in [5, 5.41) is 0.379. The molecule has 0 aliphatic carbocycles. The standard InChI is InChI=1S/C12H16OS/c1-3-11(13)9-10(2)14-12-7-5-4-6-8-12/h4-8,10H,3,9H2,1-2H3. The van der Waals surface area contributed by atoms with Crippen LogP contribution in [0.1, 0.15) is 26.7 Å². The normalized spacial score (nSPS) is 12.4. The summed E-state index contributed by atoms with van der Waals surface area (Å²) in [6, 6.07) is 10.2. The summed E-state index contributed by atoms with van der Waals surface area (Å²) in [5.74, 6) is 0.348. The van der Waals surface area contributed by atoms with E-state index in [0.29, 0.717) is 23.9 Å². The summed E-state index contributed by atoms with van der Waals surface area (Å²) < 4.78 is 0. The molecule has 1 aromatic carbocycles. The Labute approximate surface area is 89.9 Å². The van der Waals surface area contributed by atoms with Gasteiger partial charge < -0.3 is 0 Å². The zero-order valence-corrected chi connectivity index (χ0v) is 9.51. The number of Topliss-reactive ketones (excluding diaryl/α,β-unsaturated/α-hetero) is 1. The highest BCUT2D eigenvalue weighted by atomic mass is 32.2. The molecule has 1 aromatic rings. The van der Waals surface area contributed by atoms with Crippen molar-refractivity contribution in [2.24, 2.45) is 0 Å². The van der Waals surface area contributed by atoms with Crippen LogP contribution in [0, 0.1) is 0 Å². The van der Waals surface area contributed by atoms with E-state index in [9.17, 15) is 4.79 Å². The number of ketones is 1. The molecule has 0 aliphatic rings. The van der Waals surface area contributed by atoms with Crippen LogP contribution in [0.2, 0.25) is 0 Å². The van der Waals surface area contributed by atoms with E-state index in [-0.39, 0.29) is 0 Å². The molecule has 1 atom stereocenters. The second kappa shape index (κ2) is 5.86. The topological polar surface area (TPSA) is 17.1 Å². The summed E-state index contributed by atoms with van der Waals surface area (Å²) in [6.45, 7) is 4.02. The Morgan fingerprint density at radius 1 is 1.36 bits per heavy atom. The van der Waals surface area contributed by atoms with Crippen molar-refractivity contribution in [1.29, 1.82) is 0 Å². The molecule has 0 N–H and O–H groups in total. The fraction of sp³-hybridized carbons (Fsp3) is 0.417. The molecule has 76 valence electrons. The number of carbonyl (C=O) groups is 1. The van der Waals surface area contributed by atoms with E-state index in [0.717, 1.165) is 0 Å². The highest BCUT2D eigenvalue weighted by Crippen LogP contribution is 2.24. The number of hydrogen-bond donors (Lipinski definition) is 0. The molecule has 1 rings (SSSR count). The van der Waals surface area contributed by atoms with E-state index in [2.05, 4.69) is 19.1 Å². The van der Waals surface area contributed by atoms with Crippen molar-refractivity contribution in [3.63, 3.8) is 0 Å². The van der Waals surface area contributed by atoms with E-state index in [4.69, 9.17) is 0 Å². The molecule has 0 bridgehead atoms. The molecular weight excluding hydrogens is 192 g/mol. The van der Waals surface area contributed by atoms with Crippen LogP contribution < -0.4 is 0 Å². The van der Waals surface area contributed by atoms with Crippen molar-refractivity contribution in [3.05, 3.63) is 30.3 Å². The Balaban J connectivity index is 2.41. The van der Waals surface area contributed by atoms with Gasteiger partial charge in [0.1, 0.15) is 5.78 Å². The molecule has 0 saturated heterocycles. The molecule has 0 aromatic heterocycles. The molecule has 0 spiro atoms. The van der Waals surface area contributed by atoms with Crippen molar-refractivity contribution in [1.82, 2.24) is 0 Å². The van der Waals surface area contributed by atoms with E-state index in [1.807, 2.05) is 25.1 Å². The second-order valence-electron chi connectivity index (χ2n) is 3.34. The molecule has 0 radical (unpaired) electrons. The smallest absolute Gasteiger partial charge is 0.133 e. The maximum Gasteiger partial charge on any atom is 0.133 e. The first kappa shape index (κ1) is 11.3. The van der Waals surface area contributed by atoms with Gasteiger partial charge in [-0.2, -0.15) is 0 Å². The van der Waals surface area contributed by atoms with Crippen LogP contribution in [0.25, 0.3) is 0 Å².